The number of benzene rings is 1. The number of hydrogen-bond acceptors (Lipinski definition) is 9. The van der Waals surface area contributed by atoms with Crippen molar-refractivity contribution in [1.82, 2.24) is 25.1 Å². The number of hydrogen-bond donors (Lipinski definition) is 2. The van der Waals surface area contributed by atoms with Gasteiger partial charge in [0.05, 0.1) is 18.2 Å². The Morgan fingerprint density at radius 1 is 1.17 bits per heavy atom. The Kier molecular flexibility index (Phi) is 8.57. The average molecular weight is 502 g/mol. The molecule has 0 unspecified atom stereocenters. The molecule has 1 aliphatic heterocycles. The summed E-state index contributed by atoms with van der Waals surface area (Å²) < 4.78 is 15.9. The van der Waals surface area contributed by atoms with Gasteiger partial charge in [0.25, 0.3) is 5.91 Å². The van der Waals surface area contributed by atoms with Gasteiger partial charge in [-0.05, 0) is 33.8 Å². The summed E-state index contributed by atoms with van der Waals surface area (Å²) in [6, 6.07) is 3.25. The largest absolute Gasteiger partial charge is 0.484 e. The van der Waals surface area contributed by atoms with E-state index < -0.39 is 17.5 Å². The number of aryl methyl sites for hydroxylation is 1. The van der Waals surface area contributed by atoms with Gasteiger partial charge in [-0.2, -0.15) is 0 Å². The lowest BCUT2D eigenvalue weighted by molar-refractivity contribution is -0.150. The van der Waals surface area contributed by atoms with E-state index in [2.05, 4.69) is 26.8 Å². The van der Waals surface area contributed by atoms with Crippen LogP contribution in [0, 0.1) is 6.92 Å². The molecule has 0 atom stereocenters. The van der Waals surface area contributed by atoms with Crippen LogP contribution in [-0.4, -0.2) is 96.2 Å². The molecule has 2 N–H and O–H groups in total. The third-order valence-electron chi connectivity index (χ3n) is 5.58. The first-order valence-corrected chi connectivity index (χ1v) is 11.8. The minimum Gasteiger partial charge on any atom is -0.484 e. The Labute approximate surface area is 210 Å². The summed E-state index contributed by atoms with van der Waals surface area (Å²) in [5.41, 5.74) is 1.07. The zero-order chi connectivity index (χ0) is 26.5. The maximum Gasteiger partial charge on any atom is 0.354 e. The fourth-order valence-corrected chi connectivity index (χ4v) is 3.80. The van der Waals surface area contributed by atoms with Gasteiger partial charge in [-0.15, -0.1) is 0 Å². The lowest BCUT2D eigenvalue weighted by Gasteiger charge is -2.34. The number of rotatable bonds is 9. The smallest absolute Gasteiger partial charge is 0.354 e. The van der Waals surface area contributed by atoms with Gasteiger partial charge < -0.3 is 29.4 Å². The first-order valence-electron chi connectivity index (χ1n) is 11.8. The van der Waals surface area contributed by atoms with Crippen molar-refractivity contribution in [2.75, 3.05) is 53.0 Å². The van der Waals surface area contributed by atoms with Gasteiger partial charge in [0.1, 0.15) is 28.4 Å². The number of H-pyrrole nitrogens is 1. The number of piperazine rings is 1. The van der Waals surface area contributed by atoms with Crippen molar-refractivity contribution < 1.29 is 28.6 Å². The van der Waals surface area contributed by atoms with Crippen molar-refractivity contribution in [3.05, 3.63) is 35.8 Å². The molecule has 1 aromatic heterocycles. The zero-order valence-corrected chi connectivity index (χ0v) is 21.6. The molecule has 0 saturated carbocycles. The molecule has 3 rings (SSSR count). The third kappa shape index (κ3) is 7.20. The number of nitrogens with one attached hydrogen (secondary N) is 2. The van der Waals surface area contributed by atoms with E-state index in [1.807, 2.05) is 20.8 Å². The highest BCUT2D eigenvalue weighted by atomic mass is 16.6. The van der Waals surface area contributed by atoms with E-state index in [0.717, 1.165) is 0 Å². The summed E-state index contributed by atoms with van der Waals surface area (Å²) in [7, 11) is 1.30. The highest BCUT2D eigenvalue weighted by molar-refractivity contribution is 6.02. The summed E-state index contributed by atoms with van der Waals surface area (Å²) in [5, 5.41) is 3.00. The molecule has 1 amide bonds. The molecular weight excluding hydrogens is 466 g/mol. The summed E-state index contributed by atoms with van der Waals surface area (Å²) in [6.45, 7) is 14.6. The van der Waals surface area contributed by atoms with Crippen molar-refractivity contribution in [3.63, 3.8) is 0 Å². The van der Waals surface area contributed by atoms with Crippen molar-refractivity contribution in [3.8, 4) is 5.75 Å². The molecule has 196 valence electrons. The number of imidazole rings is 1. The molecule has 2 aromatic rings. The van der Waals surface area contributed by atoms with E-state index in [1.54, 1.807) is 17.9 Å². The molecule has 1 aromatic carbocycles. The Morgan fingerprint density at radius 2 is 1.86 bits per heavy atom. The van der Waals surface area contributed by atoms with E-state index in [1.165, 1.54) is 13.2 Å². The lowest BCUT2D eigenvalue weighted by Crippen LogP contribution is -2.51. The summed E-state index contributed by atoms with van der Waals surface area (Å²) in [6.07, 6.45) is 0. The number of nitrogens with zero attached hydrogens (tertiary/aromatic N) is 3. The normalized spacial score (nSPS) is 14.4. The molecule has 1 fully saturated rings. The molecule has 0 bridgehead atoms. The topological polar surface area (TPSA) is 126 Å². The van der Waals surface area contributed by atoms with Crippen molar-refractivity contribution in [1.29, 1.82) is 0 Å². The van der Waals surface area contributed by atoms with Crippen molar-refractivity contribution >= 4 is 28.9 Å². The summed E-state index contributed by atoms with van der Waals surface area (Å²) in [4.78, 5) is 48.2. The monoisotopic (exact) mass is 501 g/mol. The van der Waals surface area contributed by atoms with E-state index in [-0.39, 0.29) is 23.8 Å². The van der Waals surface area contributed by atoms with Gasteiger partial charge in [0, 0.05) is 45.3 Å². The SMILES string of the molecule is C=C(NCCN1CCN(C(=O)COc2cc(C(=O)OC)c3nc(C)[nH]c3c2)CC1)C(=O)OC(C)(C)C. The second-order valence-corrected chi connectivity index (χ2v) is 9.60. The highest BCUT2D eigenvalue weighted by Gasteiger charge is 2.23. The fraction of sp³-hybridized carbons (Fsp3) is 0.520. The Bertz CT molecular complexity index is 1130. The number of aromatic nitrogens is 2. The van der Waals surface area contributed by atoms with Gasteiger partial charge in [-0.1, -0.05) is 6.58 Å². The Balaban J connectivity index is 1.44. The molecule has 1 saturated heterocycles. The van der Waals surface area contributed by atoms with Gasteiger partial charge in [0.15, 0.2) is 6.61 Å². The van der Waals surface area contributed by atoms with Crippen molar-refractivity contribution in [2.24, 2.45) is 0 Å². The van der Waals surface area contributed by atoms with Crippen LogP contribution in [0.3, 0.4) is 0 Å². The van der Waals surface area contributed by atoms with Gasteiger partial charge >= 0.3 is 11.9 Å². The van der Waals surface area contributed by atoms with Crippen LogP contribution in [-0.2, 0) is 19.1 Å². The number of fused-ring (bicyclic) bond motifs is 1. The number of methoxy groups -OCH3 is 1. The quantitative estimate of drug-likeness (QED) is 0.389. The predicted molar refractivity (Wildman–Crippen MR) is 134 cm³/mol. The number of aromatic amines is 1. The van der Waals surface area contributed by atoms with Crippen LogP contribution >= 0.6 is 0 Å². The lowest BCUT2D eigenvalue weighted by atomic mass is 10.1. The molecule has 11 nitrogen and oxygen atoms in total. The van der Waals surface area contributed by atoms with Crippen LogP contribution in [0.5, 0.6) is 5.75 Å². The zero-order valence-electron chi connectivity index (χ0n) is 21.6. The molecule has 0 aliphatic carbocycles. The number of carbonyl (C=O) groups is 3. The molecule has 11 heteroatoms. The standard InChI is InChI=1S/C25H35N5O6/c1-16(23(32)36-25(3,4)5)26-7-8-29-9-11-30(12-10-29)21(31)15-35-18-13-19(24(33)34-6)22-20(14-18)27-17(2)28-22/h13-14,26H,1,7-12,15H2,2-6H3,(H,27,28). The first-order chi connectivity index (χ1) is 17.0. The van der Waals surface area contributed by atoms with Crippen LogP contribution in [0.1, 0.15) is 37.0 Å². The van der Waals surface area contributed by atoms with Crippen LogP contribution in [0.2, 0.25) is 0 Å². The summed E-state index contributed by atoms with van der Waals surface area (Å²) in [5.74, 6) is -0.0750. The number of esters is 2. The minimum atomic E-state index is -0.567. The molecular formula is C25H35N5O6. The maximum absolute atomic E-state index is 12.7. The van der Waals surface area contributed by atoms with Crippen molar-refractivity contribution in [2.45, 2.75) is 33.3 Å². The van der Waals surface area contributed by atoms with Crippen LogP contribution in [0.4, 0.5) is 0 Å². The summed E-state index contributed by atoms with van der Waals surface area (Å²) >= 11 is 0. The van der Waals surface area contributed by atoms with E-state index in [9.17, 15) is 14.4 Å². The van der Waals surface area contributed by atoms with Crippen LogP contribution in [0.25, 0.3) is 11.0 Å². The molecule has 0 radical (unpaired) electrons. The average Bonchev–Trinajstić information content (AvgIpc) is 3.20. The van der Waals surface area contributed by atoms with Gasteiger partial charge in [-0.25, -0.2) is 14.6 Å². The number of carbonyl (C=O) groups excluding carboxylic acids is 3. The second-order valence-electron chi connectivity index (χ2n) is 9.60. The Hall–Kier alpha value is -3.60. The second kappa shape index (κ2) is 11.4. The van der Waals surface area contributed by atoms with E-state index in [0.29, 0.717) is 61.9 Å². The molecule has 1 aliphatic rings. The molecule has 0 spiro atoms. The first kappa shape index (κ1) is 27.0. The number of amides is 1. The van der Waals surface area contributed by atoms with Gasteiger partial charge in [0.2, 0.25) is 0 Å². The van der Waals surface area contributed by atoms with E-state index in [4.69, 9.17) is 14.2 Å². The number of ether oxygens (including phenoxy) is 3. The minimum absolute atomic E-state index is 0.133. The van der Waals surface area contributed by atoms with Gasteiger partial charge in [-0.3, -0.25) is 9.69 Å². The molecule has 36 heavy (non-hydrogen) atoms. The third-order valence-corrected chi connectivity index (χ3v) is 5.58. The maximum atomic E-state index is 12.7. The highest BCUT2D eigenvalue weighted by Crippen LogP contribution is 2.25. The Morgan fingerprint density at radius 3 is 2.50 bits per heavy atom. The van der Waals surface area contributed by atoms with Crippen LogP contribution in [0.15, 0.2) is 24.4 Å². The fourth-order valence-electron chi connectivity index (χ4n) is 3.80. The predicted octanol–water partition coefficient (Wildman–Crippen LogP) is 1.63. The van der Waals surface area contributed by atoms with Crippen LogP contribution < -0.4 is 10.1 Å². The van der Waals surface area contributed by atoms with E-state index >= 15 is 0 Å². The molecule has 2 heterocycles.